The molecule has 7 nitrogen and oxygen atoms in total. The van der Waals surface area contributed by atoms with Crippen LogP contribution in [0.4, 0.5) is 17.6 Å². The molecule has 2 aromatic heterocycles. The van der Waals surface area contributed by atoms with Crippen LogP contribution in [0.15, 0.2) is 47.5 Å². The van der Waals surface area contributed by atoms with Crippen molar-refractivity contribution in [2.75, 3.05) is 0 Å². The molecule has 1 N–H and O–H groups in total. The number of aromatic amines is 1. The average molecular weight is 422 g/mol. The summed E-state index contributed by atoms with van der Waals surface area (Å²) >= 11 is 0. The Morgan fingerprint density at radius 3 is 2.53 bits per heavy atom. The van der Waals surface area contributed by atoms with Gasteiger partial charge in [0.05, 0.1) is 0 Å². The first kappa shape index (κ1) is 21.1. The van der Waals surface area contributed by atoms with Gasteiger partial charge < -0.3 is 9.72 Å². The molecule has 0 saturated carbocycles. The number of aromatic nitrogens is 4. The van der Waals surface area contributed by atoms with E-state index in [9.17, 15) is 27.2 Å². The van der Waals surface area contributed by atoms with Crippen LogP contribution in [-0.2, 0) is 0 Å². The molecule has 156 valence electrons. The second kappa shape index (κ2) is 8.39. The van der Waals surface area contributed by atoms with E-state index in [-0.39, 0.29) is 29.3 Å². The number of hydrogen-bond donors (Lipinski definition) is 1. The molecule has 3 aromatic rings. The quantitative estimate of drug-likeness (QED) is 0.481. The van der Waals surface area contributed by atoms with Gasteiger partial charge in [-0.25, -0.2) is 19.3 Å². The Morgan fingerprint density at radius 2 is 1.90 bits per heavy atom. The zero-order chi connectivity index (χ0) is 21.9. The lowest BCUT2D eigenvalue weighted by Crippen LogP contribution is -2.17. The van der Waals surface area contributed by atoms with Crippen LogP contribution < -0.4 is 10.3 Å². The number of alkyl halides is 3. The molecule has 0 amide bonds. The molecule has 0 fully saturated rings. The number of nitrogens with one attached hydrogen (secondary N) is 1. The van der Waals surface area contributed by atoms with Crippen molar-refractivity contribution in [3.8, 4) is 17.4 Å². The Labute approximate surface area is 166 Å². The van der Waals surface area contributed by atoms with E-state index in [1.54, 1.807) is 6.07 Å². The van der Waals surface area contributed by atoms with Crippen LogP contribution in [0.2, 0.25) is 0 Å². The Kier molecular flexibility index (Phi) is 5.90. The maximum absolute atomic E-state index is 14.2. The van der Waals surface area contributed by atoms with E-state index in [1.165, 1.54) is 19.3 Å². The van der Waals surface area contributed by atoms with E-state index in [4.69, 9.17) is 0 Å². The molecule has 2 heterocycles. The largest absolute Gasteiger partial charge is 0.573 e. The normalized spacial score (nSPS) is 12.4. The Morgan fingerprint density at radius 1 is 1.20 bits per heavy atom. The summed E-state index contributed by atoms with van der Waals surface area (Å²) in [6.45, 7) is 1.52. The Hall–Kier alpha value is -3.63. The van der Waals surface area contributed by atoms with Crippen molar-refractivity contribution in [3.63, 3.8) is 0 Å². The zero-order valence-electron chi connectivity index (χ0n) is 15.4. The van der Waals surface area contributed by atoms with Gasteiger partial charge >= 0.3 is 6.36 Å². The van der Waals surface area contributed by atoms with E-state index in [0.29, 0.717) is 6.07 Å². The molecule has 0 bridgehead atoms. The second-order valence-corrected chi connectivity index (χ2v) is 6.31. The van der Waals surface area contributed by atoms with Crippen molar-refractivity contribution in [1.82, 2.24) is 19.9 Å². The fourth-order valence-corrected chi connectivity index (χ4v) is 2.73. The van der Waals surface area contributed by atoms with E-state index < -0.39 is 35.2 Å². The number of halogens is 4. The third kappa shape index (κ3) is 5.25. The number of carbonyl (C=O) groups excluding carboxylic acids is 1. The first-order chi connectivity index (χ1) is 14.1. The second-order valence-electron chi connectivity index (χ2n) is 6.31. The molecule has 11 heteroatoms. The summed E-state index contributed by atoms with van der Waals surface area (Å²) in [5.74, 6) is -2.79. The summed E-state index contributed by atoms with van der Waals surface area (Å²) in [6.07, 6.45) is -2.30. The van der Waals surface area contributed by atoms with Crippen LogP contribution in [0.1, 0.15) is 35.3 Å². The number of ketones is 1. The lowest BCUT2D eigenvalue weighted by Gasteiger charge is -2.14. The maximum Gasteiger partial charge on any atom is 0.573 e. The maximum atomic E-state index is 14.2. The first-order valence-corrected chi connectivity index (χ1v) is 8.59. The number of hydrogen-bond acceptors (Lipinski definition) is 6. The van der Waals surface area contributed by atoms with Crippen molar-refractivity contribution >= 4 is 5.78 Å². The molecule has 3 rings (SSSR count). The molecule has 0 unspecified atom stereocenters. The van der Waals surface area contributed by atoms with Gasteiger partial charge in [-0.3, -0.25) is 9.59 Å². The van der Waals surface area contributed by atoms with Crippen LogP contribution in [0.5, 0.6) is 5.75 Å². The fourth-order valence-electron chi connectivity index (χ4n) is 2.73. The Bertz CT molecular complexity index is 1120. The lowest BCUT2D eigenvalue weighted by molar-refractivity contribution is -0.274. The van der Waals surface area contributed by atoms with E-state index in [1.807, 2.05) is 0 Å². The minimum Gasteiger partial charge on any atom is -0.406 e. The average Bonchev–Trinajstić information content (AvgIpc) is 2.67. The van der Waals surface area contributed by atoms with E-state index >= 15 is 0 Å². The summed E-state index contributed by atoms with van der Waals surface area (Å²) in [6, 6.07) is 5.24. The number of ether oxygens (including phenoxy) is 1. The van der Waals surface area contributed by atoms with Crippen LogP contribution in [-0.4, -0.2) is 32.1 Å². The molecular weight excluding hydrogens is 408 g/mol. The lowest BCUT2D eigenvalue weighted by atomic mass is 9.94. The summed E-state index contributed by atoms with van der Waals surface area (Å²) in [4.78, 5) is 38.8. The van der Waals surface area contributed by atoms with Gasteiger partial charge in [-0.05, 0) is 23.6 Å². The highest BCUT2D eigenvalue weighted by Gasteiger charge is 2.31. The predicted molar refractivity (Wildman–Crippen MR) is 96.3 cm³/mol. The molecule has 30 heavy (non-hydrogen) atoms. The summed E-state index contributed by atoms with van der Waals surface area (Å²) in [5.41, 5.74) is -0.733. The van der Waals surface area contributed by atoms with Crippen molar-refractivity contribution in [1.29, 1.82) is 0 Å². The molecule has 0 aliphatic rings. The van der Waals surface area contributed by atoms with Gasteiger partial charge in [-0.15, -0.1) is 13.2 Å². The molecule has 0 radical (unpaired) electrons. The molecular formula is C19H14F4N4O3. The molecule has 0 aliphatic carbocycles. The minimum atomic E-state index is -4.94. The third-order valence-corrected chi connectivity index (χ3v) is 4.03. The van der Waals surface area contributed by atoms with Crippen molar-refractivity contribution in [2.24, 2.45) is 0 Å². The van der Waals surface area contributed by atoms with Crippen molar-refractivity contribution in [3.05, 3.63) is 70.2 Å². The number of carbonyl (C=O) groups is 1. The highest BCUT2D eigenvalue weighted by atomic mass is 19.4. The van der Waals surface area contributed by atoms with Crippen LogP contribution in [0, 0.1) is 5.82 Å². The van der Waals surface area contributed by atoms with Gasteiger partial charge in [0.25, 0.3) is 5.56 Å². The van der Waals surface area contributed by atoms with Crippen molar-refractivity contribution < 1.29 is 27.1 Å². The van der Waals surface area contributed by atoms with Gasteiger partial charge in [0.1, 0.15) is 17.3 Å². The smallest absolute Gasteiger partial charge is 0.406 e. The van der Waals surface area contributed by atoms with Gasteiger partial charge in [-0.2, -0.15) is 0 Å². The monoisotopic (exact) mass is 422 g/mol. The fraction of sp³-hybridized carbons (Fsp3) is 0.211. The molecule has 1 aromatic carbocycles. The summed E-state index contributed by atoms with van der Waals surface area (Å²) < 4.78 is 54.6. The van der Waals surface area contributed by atoms with Crippen LogP contribution >= 0.6 is 0 Å². The van der Waals surface area contributed by atoms with Gasteiger partial charge in [0.15, 0.2) is 17.4 Å². The molecule has 0 spiro atoms. The van der Waals surface area contributed by atoms with Gasteiger partial charge in [-0.1, -0.05) is 13.0 Å². The number of nitrogens with zero attached hydrogens (tertiary/aromatic N) is 3. The van der Waals surface area contributed by atoms with Gasteiger partial charge in [0.2, 0.25) is 0 Å². The number of rotatable bonds is 6. The zero-order valence-corrected chi connectivity index (χ0v) is 15.4. The van der Waals surface area contributed by atoms with Crippen LogP contribution in [0.3, 0.4) is 0 Å². The molecule has 0 aliphatic heterocycles. The van der Waals surface area contributed by atoms with E-state index in [2.05, 4.69) is 24.7 Å². The summed E-state index contributed by atoms with van der Waals surface area (Å²) in [7, 11) is 0. The number of Topliss-reactive ketones (excluding diaryl/α,β-unsaturated/α-hetero) is 1. The number of H-pyrrole nitrogens is 1. The number of benzene rings is 1. The SMILES string of the molecule is C[C@@H](CC(=O)c1cc(=O)[nH]c(-c2ncccn2)n1)c1ccc(OC(F)(F)F)cc1F. The van der Waals surface area contributed by atoms with Crippen LogP contribution in [0.25, 0.3) is 11.6 Å². The third-order valence-electron chi connectivity index (χ3n) is 4.03. The van der Waals surface area contributed by atoms with E-state index in [0.717, 1.165) is 18.2 Å². The highest BCUT2D eigenvalue weighted by molar-refractivity contribution is 5.94. The van der Waals surface area contributed by atoms with Gasteiger partial charge in [0, 0.05) is 30.9 Å². The first-order valence-electron chi connectivity index (χ1n) is 8.59. The summed E-state index contributed by atoms with van der Waals surface area (Å²) in [5, 5.41) is 0. The molecule has 1 atom stereocenters. The standard InChI is InChI=1S/C19H14F4N4O3/c1-10(12-4-3-11(8-13(12)20)30-19(21,22)23)7-15(28)14-9-16(29)27-18(26-14)17-24-5-2-6-25-17/h2-6,8-10H,7H2,1H3,(H,26,27,29)/t10-/m0/s1. The highest BCUT2D eigenvalue weighted by Crippen LogP contribution is 2.29. The molecule has 0 saturated heterocycles. The minimum absolute atomic E-state index is 0.000985. The predicted octanol–water partition coefficient (Wildman–Crippen LogP) is 3.64. The topological polar surface area (TPSA) is 97.8 Å². The van der Waals surface area contributed by atoms with Crippen molar-refractivity contribution in [2.45, 2.75) is 25.6 Å². The Balaban J connectivity index is 1.79.